The number of para-hydroxylation sites is 1. The minimum Gasteiger partial charge on any atom is -0.478 e. The van der Waals surface area contributed by atoms with Gasteiger partial charge in [-0.05, 0) is 29.8 Å². The molecule has 3 heteroatoms. The number of hydrogen-bond donors (Lipinski definition) is 0. The molecule has 2 aliphatic heterocycles. The molecule has 2 aromatic carbocycles. The third-order valence-corrected chi connectivity index (χ3v) is 5.04. The lowest BCUT2D eigenvalue weighted by Gasteiger charge is -2.08. The minimum absolute atomic E-state index is 0.219. The molecule has 1 nitrogen and oxygen atoms in total. The second-order valence-electron chi connectivity index (χ2n) is 4.30. The topological polar surface area (TPSA) is 9.23 Å². The van der Waals surface area contributed by atoms with Crippen LogP contribution in [-0.4, -0.2) is 5.44 Å². The van der Waals surface area contributed by atoms with Gasteiger partial charge in [-0.1, -0.05) is 45.9 Å². The molecule has 2 aliphatic rings. The molecule has 17 heavy (non-hydrogen) atoms. The quantitative estimate of drug-likeness (QED) is 0.713. The first-order valence-corrected chi connectivity index (χ1v) is 7.22. The molecule has 0 aliphatic carbocycles. The van der Waals surface area contributed by atoms with E-state index < -0.39 is 0 Å². The van der Waals surface area contributed by atoms with E-state index in [1.807, 2.05) is 17.8 Å². The molecule has 0 fully saturated rings. The lowest BCUT2D eigenvalue weighted by Crippen LogP contribution is -2.09. The van der Waals surface area contributed by atoms with Gasteiger partial charge in [0, 0.05) is 14.9 Å². The molecule has 0 aromatic heterocycles. The van der Waals surface area contributed by atoms with Crippen LogP contribution in [0.25, 0.3) is 0 Å². The molecule has 2 aromatic rings. The summed E-state index contributed by atoms with van der Waals surface area (Å²) >= 11 is 5.38. The van der Waals surface area contributed by atoms with Gasteiger partial charge in [-0.2, -0.15) is 0 Å². The summed E-state index contributed by atoms with van der Waals surface area (Å²) in [6, 6.07) is 14.9. The highest BCUT2D eigenvalue weighted by atomic mass is 79.9. The zero-order chi connectivity index (χ0) is 11.4. The molecule has 0 saturated heterocycles. The standard InChI is InChI=1S/C14H9BrOS/c15-8-5-6-12-10(7-8)13-9-3-1-2-4-11(9)16-14(13)17-12/h1-7,13-14H/t13-,14+/m1/s1. The smallest absolute Gasteiger partial charge is 0.159 e. The van der Waals surface area contributed by atoms with Gasteiger partial charge in [-0.25, -0.2) is 0 Å². The van der Waals surface area contributed by atoms with Crippen LogP contribution in [0.3, 0.4) is 0 Å². The van der Waals surface area contributed by atoms with Crippen molar-refractivity contribution in [3.05, 3.63) is 58.1 Å². The summed E-state index contributed by atoms with van der Waals surface area (Å²) in [5.41, 5.74) is 2.93. The molecule has 0 N–H and O–H groups in total. The molecular weight excluding hydrogens is 296 g/mol. The van der Waals surface area contributed by atoms with Crippen LogP contribution in [0.1, 0.15) is 17.0 Å². The van der Waals surface area contributed by atoms with Gasteiger partial charge in [0.15, 0.2) is 5.44 Å². The van der Waals surface area contributed by atoms with Crippen molar-refractivity contribution in [2.24, 2.45) is 0 Å². The lowest BCUT2D eigenvalue weighted by atomic mass is 9.93. The Morgan fingerprint density at radius 1 is 1.06 bits per heavy atom. The van der Waals surface area contributed by atoms with E-state index in [0.717, 1.165) is 10.2 Å². The Kier molecular flexibility index (Phi) is 2.08. The molecular formula is C14H9BrOS. The second-order valence-corrected chi connectivity index (χ2v) is 6.36. The fraction of sp³-hybridized carbons (Fsp3) is 0.143. The third kappa shape index (κ3) is 1.39. The fourth-order valence-electron chi connectivity index (χ4n) is 2.59. The van der Waals surface area contributed by atoms with Crippen LogP contribution in [-0.2, 0) is 0 Å². The minimum atomic E-state index is 0.219. The van der Waals surface area contributed by atoms with E-state index in [9.17, 15) is 0 Å². The highest BCUT2D eigenvalue weighted by Gasteiger charge is 2.42. The highest BCUT2D eigenvalue weighted by molar-refractivity contribution is 9.10. The Bertz CT molecular complexity index is 611. The van der Waals surface area contributed by atoms with Crippen molar-refractivity contribution in [3.63, 3.8) is 0 Å². The van der Waals surface area contributed by atoms with Gasteiger partial charge < -0.3 is 4.74 Å². The maximum absolute atomic E-state index is 6.00. The van der Waals surface area contributed by atoms with Crippen molar-refractivity contribution < 1.29 is 4.74 Å². The van der Waals surface area contributed by atoms with Gasteiger partial charge in [0.1, 0.15) is 5.75 Å². The summed E-state index contributed by atoms with van der Waals surface area (Å²) in [6.07, 6.45) is 0. The molecule has 2 atom stereocenters. The molecule has 84 valence electrons. The summed E-state index contributed by atoms with van der Waals surface area (Å²) in [5, 5.41) is 0. The zero-order valence-electron chi connectivity index (χ0n) is 8.89. The molecule has 0 amide bonds. The first kappa shape index (κ1) is 10.0. The van der Waals surface area contributed by atoms with Crippen LogP contribution in [0.15, 0.2) is 51.8 Å². The molecule has 0 spiro atoms. The predicted octanol–water partition coefficient (Wildman–Crippen LogP) is 4.41. The summed E-state index contributed by atoms with van der Waals surface area (Å²) in [7, 11) is 0. The maximum Gasteiger partial charge on any atom is 0.159 e. The van der Waals surface area contributed by atoms with Crippen molar-refractivity contribution >= 4 is 27.7 Å². The van der Waals surface area contributed by atoms with Gasteiger partial charge in [0.05, 0.1) is 5.92 Å². The van der Waals surface area contributed by atoms with E-state index in [-0.39, 0.29) is 5.44 Å². The molecule has 0 radical (unpaired) electrons. The molecule has 2 heterocycles. The number of benzene rings is 2. The Morgan fingerprint density at radius 3 is 2.88 bits per heavy atom. The number of fused-ring (bicyclic) bond motifs is 5. The Labute approximate surface area is 112 Å². The first-order chi connectivity index (χ1) is 8.33. The van der Waals surface area contributed by atoms with E-state index in [1.165, 1.54) is 16.0 Å². The lowest BCUT2D eigenvalue weighted by molar-refractivity contribution is 0.312. The van der Waals surface area contributed by atoms with E-state index >= 15 is 0 Å². The number of hydrogen-bond acceptors (Lipinski definition) is 2. The van der Waals surface area contributed by atoms with Crippen LogP contribution in [0.4, 0.5) is 0 Å². The van der Waals surface area contributed by atoms with Gasteiger partial charge >= 0.3 is 0 Å². The number of thioether (sulfide) groups is 1. The maximum atomic E-state index is 6.00. The summed E-state index contributed by atoms with van der Waals surface area (Å²) in [5.74, 6) is 1.43. The van der Waals surface area contributed by atoms with Crippen LogP contribution in [0, 0.1) is 0 Å². The first-order valence-electron chi connectivity index (χ1n) is 5.54. The largest absolute Gasteiger partial charge is 0.478 e. The number of rotatable bonds is 0. The second kappa shape index (κ2) is 3.53. The SMILES string of the molecule is Brc1ccc2c(c1)[C@H]1c3ccccc3O[C@H]1S2. The molecule has 0 saturated carbocycles. The van der Waals surface area contributed by atoms with Gasteiger partial charge in [0.25, 0.3) is 0 Å². The van der Waals surface area contributed by atoms with Crippen LogP contribution in [0.2, 0.25) is 0 Å². The van der Waals surface area contributed by atoms with E-state index in [2.05, 4.69) is 52.3 Å². The Morgan fingerprint density at radius 2 is 1.94 bits per heavy atom. The Balaban J connectivity index is 1.92. The Hall–Kier alpha value is -0.930. The third-order valence-electron chi connectivity index (χ3n) is 3.32. The van der Waals surface area contributed by atoms with Crippen LogP contribution >= 0.6 is 27.7 Å². The monoisotopic (exact) mass is 304 g/mol. The predicted molar refractivity (Wildman–Crippen MR) is 72.7 cm³/mol. The fourth-order valence-corrected chi connectivity index (χ4v) is 4.26. The normalized spacial score (nSPS) is 23.8. The average Bonchev–Trinajstić information content (AvgIpc) is 2.84. The number of ether oxygens (including phenoxy) is 1. The zero-order valence-corrected chi connectivity index (χ0v) is 11.3. The van der Waals surface area contributed by atoms with E-state index in [0.29, 0.717) is 5.92 Å². The van der Waals surface area contributed by atoms with Crippen molar-refractivity contribution in [1.82, 2.24) is 0 Å². The summed E-state index contributed by atoms with van der Waals surface area (Å²) in [4.78, 5) is 1.35. The summed E-state index contributed by atoms with van der Waals surface area (Å²) in [6.45, 7) is 0. The van der Waals surface area contributed by atoms with Crippen LogP contribution in [0.5, 0.6) is 5.75 Å². The van der Waals surface area contributed by atoms with E-state index in [1.54, 1.807) is 0 Å². The van der Waals surface area contributed by atoms with Gasteiger partial charge in [-0.3, -0.25) is 0 Å². The van der Waals surface area contributed by atoms with Gasteiger partial charge in [-0.15, -0.1) is 0 Å². The number of halogens is 1. The summed E-state index contributed by atoms with van der Waals surface area (Å²) < 4.78 is 7.14. The van der Waals surface area contributed by atoms with E-state index in [4.69, 9.17) is 4.74 Å². The average molecular weight is 305 g/mol. The van der Waals surface area contributed by atoms with Crippen molar-refractivity contribution in [2.45, 2.75) is 16.2 Å². The molecule has 0 unspecified atom stereocenters. The van der Waals surface area contributed by atoms with Gasteiger partial charge in [0.2, 0.25) is 0 Å². The molecule has 0 bridgehead atoms. The van der Waals surface area contributed by atoms with Crippen LogP contribution < -0.4 is 4.74 Å². The van der Waals surface area contributed by atoms with Crippen molar-refractivity contribution in [1.29, 1.82) is 0 Å². The molecule has 4 rings (SSSR count). The van der Waals surface area contributed by atoms with Crippen molar-refractivity contribution in [3.8, 4) is 5.75 Å². The van der Waals surface area contributed by atoms with Crippen molar-refractivity contribution in [2.75, 3.05) is 0 Å². The highest BCUT2D eigenvalue weighted by Crippen LogP contribution is 2.55.